The molecule has 2 aromatic heterocycles. The predicted octanol–water partition coefficient (Wildman–Crippen LogP) is 3.51. The molecule has 0 saturated heterocycles. The monoisotopic (exact) mass is 446 g/mol. The van der Waals surface area contributed by atoms with Gasteiger partial charge in [-0.1, -0.05) is 11.2 Å². The van der Waals surface area contributed by atoms with E-state index in [9.17, 15) is 4.79 Å². The van der Waals surface area contributed by atoms with Crippen LogP contribution < -0.4 is 14.8 Å². The molecule has 0 saturated carbocycles. The Labute approximate surface area is 189 Å². The van der Waals surface area contributed by atoms with Gasteiger partial charge in [-0.3, -0.25) is 4.79 Å². The van der Waals surface area contributed by atoms with Gasteiger partial charge in [0, 0.05) is 11.8 Å². The SMILES string of the molecule is COc1cc(/C=C/C(=O)Nc2ccc(-n3cnnn3)cc2)ccc1OCc1c(C)noc1C. The molecule has 10 heteroatoms. The van der Waals surface area contributed by atoms with E-state index >= 15 is 0 Å². The zero-order valence-electron chi connectivity index (χ0n) is 18.3. The second-order valence-electron chi connectivity index (χ2n) is 7.13. The Morgan fingerprint density at radius 2 is 1.97 bits per heavy atom. The van der Waals surface area contributed by atoms with Gasteiger partial charge in [-0.15, -0.1) is 5.10 Å². The van der Waals surface area contributed by atoms with E-state index in [4.69, 9.17) is 14.0 Å². The van der Waals surface area contributed by atoms with Crippen molar-refractivity contribution in [3.8, 4) is 17.2 Å². The van der Waals surface area contributed by atoms with Crippen LogP contribution in [0.5, 0.6) is 11.5 Å². The molecular weight excluding hydrogens is 424 g/mol. The molecule has 0 atom stereocenters. The smallest absolute Gasteiger partial charge is 0.248 e. The van der Waals surface area contributed by atoms with Crippen LogP contribution in [0.2, 0.25) is 0 Å². The van der Waals surface area contributed by atoms with Crippen molar-refractivity contribution in [1.29, 1.82) is 0 Å². The number of ether oxygens (including phenoxy) is 2. The molecule has 1 N–H and O–H groups in total. The number of anilines is 1. The summed E-state index contributed by atoms with van der Waals surface area (Å²) in [6.07, 6.45) is 4.65. The van der Waals surface area contributed by atoms with Gasteiger partial charge in [-0.25, -0.2) is 4.68 Å². The first-order valence-corrected chi connectivity index (χ1v) is 10.1. The average molecular weight is 446 g/mol. The first-order valence-electron chi connectivity index (χ1n) is 10.1. The van der Waals surface area contributed by atoms with Gasteiger partial charge in [0.25, 0.3) is 0 Å². The van der Waals surface area contributed by atoms with Crippen LogP contribution in [0.25, 0.3) is 11.8 Å². The number of aromatic nitrogens is 5. The summed E-state index contributed by atoms with van der Waals surface area (Å²) in [5.74, 6) is 1.61. The van der Waals surface area contributed by atoms with Crippen molar-refractivity contribution >= 4 is 17.7 Å². The molecule has 4 rings (SSSR count). The van der Waals surface area contributed by atoms with E-state index in [1.54, 1.807) is 37.5 Å². The first-order chi connectivity index (χ1) is 16.0. The minimum atomic E-state index is -0.261. The largest absolute Gasteiger partial charge is 0.493 e. The molecular formula is C23H22N6O4. The lowest BCUT2D eigenvalue weighted by Gasteiger charge is -2.11. The summed E-state index contributed by atoms with van der Waals surface area (Å²) in [4.78, 5) is 12.3. The Balaban J connectivity index is 1.37. The first kappa shape index (κ1) is 21.8. The van der Waals surface area contributed by atoms with Crippen LogP contribution in [0.3, 0.4) is 0 Å². The minimum Gasteiger partial charge on any atom is -0.493 e. The molecule has 2 aromatic carbocycles. The van der Waals surface area contributed by atoms with Gasteiger partial charge in [-0.2, -0.15) is 0 Å². The van der Waals surface area contributed by atoms with Crippen molar-refractivity contribution in [3.63, 3.8) is 0 Å². The quantitative estimate of drug-likeness (QED) is 0.409. The molecule has 0 aliphatic heterocycles. The van der Waals surface area contributed by atoms with Crippen LogP contribution in [0, 0.1) is 13.8 Å². The fraction of sp³-hybridized carbons (Fsp3) is 0.174. The number of tetrazole rings is 1. The van der Waals surface area contributed by atoms with Crippen LogP contribution in [-0.2, 0) is 11.4 Å². The highest BCUT2D eigenvalue weighted by molar-refractivity contribution is 6.02. The van der Waals surface area contributed by atoms with E-state index in [1.165, 1.54) is 17.1 Å². The topological polar surface area (TPSA) is 117 Å². The lowest BCUT2D eigenvalue weighted by molar-refractivity contribution is -0.111. The predicted molar refractivity (Wildman–Crippen MR) is 120 cm³/mol. The lowest BCUT2D eigenvalue weighted by atomic mass is 10.1. The number of benzene rings is 2. The summed E-state index contributed by atoms with van der Waals surface area (Å²) in [5, 5.41) is 17.8. The van der Waals surface area contributed by atoms with Crippen molar-refractivity contribution in [3.05, 3.63) is 77.4 Å². The molecule has 2 heterocycles. The van der Waals surface area contributed by atoms with Crippen molar-refractivity contribution < 1.29 is 18.8 Å². The van der Waals surface area contributed by atoms with Crippen LogP contribution >= 0.6 is 0 Å². The van der Waals surface area contributed by atoms with Crippen LogP contribution in [-0.4, -0.2) is 38.4 Å². The van der Waals surface area contributed by atoms with Crippen LogP contribution in [0.4, 0.5) is 5.69 Å². The number of methoxy groups -OCH3 is 1. The molecule has 0 spiro atoms. The van der Waals surface area contributed by atoms with Gasteiger partial charge in [0.15, 0.2) is 11.5 Å². The molecule has 4 aromatic rings. The summed E-state index contributed by atoms with van der Waals surface area (Å²) in [7, 11) is 1.57. The Kier molecular flexibility index (Phi) is 6.44. The maximum Gasteiger partial charge on any atom is 0.248 e. The van der Waals surface area contributed by atoms with Gasteiger partial charge in [-0.05, 0) is 72.3 Å². The highest BCUT2D eigenvalue weighted by atomic mass is 16.5. The number of aryl methyl sites for hydroxylation is 2. The molecule has 10 nitrogen and oxygen atoms in total. The summed E-state index contributed by atoms with van der Waals surface area (Å²) in [6, 6.07) is 12.6. The number of nitrogens with zero attached hydrogens (tertiary/aromatic N) is 5. The van der Waals surface area contributed by atoms with Crippen LogP contribution in [0.1, 0.15) is 22.6 Å². The highest BCUT2D eigenvalue weighted by Gasteiger charge is 2.12. The van der Waals surface area contributed by atoms with E-state index < -0.39 is 0 Å². The zero-order valence-corrected chi connectivity index (χ0v) is 18.3. The molecule has 33 heavy (non-hydrogen) atoms. The standard InChI is InChI=1S/C23H22N6O4/c1-15-20(16(2)33-26-15)13-32-21-10-4-17(12-22(21)31-3)5-11-23(30)25-18-6-8-19(9-7-18)29-14-24-27-28-29/h4-12,14H,13H2,1-3H3,(H,25,30)/b11-5+. The van der Waals surface area contributed by atoms with E-state index in [0.717, 1.165) is 28.3 Å². The van der Waals surface area contributed by atoms with Crippen LogP contribution in [0.15, 0.2) is 59.4 Å². The highest BCUT2D eigenvalue weighted by Crippen LogP contribution is 2.30. The lowest BCUT2D eigenvalue weighted by Crippen LogP contribution is -2.07. The number of rotatable bonds is 8. The summed E-state index contributed by atoms with van der Waals surface area (Å²) in [5.41, 5.74) is 3.94. The van der Waals surface area contributed by atoms with Crippen molar-refractivity contribution in [2.24, 2.45) is 0 Å². The molecule has 0 aliphatic rings. The molecule has 1 amide bonds. The third kappa shape index (κ3) is 5.24. The summed E-state index contributed by atoms with van der Waals surface area (Å²) in [6.45, 7) is 4.03. The number of amides is 1. The van der Waals surface area contributed by atoms with Crippen molar-refractivity contribution in [1.82, 2.24) is 25.4 Å². The number of carbonyl (C=O) groups is 1. The summed E-state index contributed by atoms with van der Waals surface area (Å²) < 4.78 is 18.0. The molecule has 168 valence electrons. The Hall–Kier alpha value is -4.47. The van der Waals surface area contributed by atoms with Gasteiger partial charge in [0.05, 0.1) is 24.1 Å². The second-order valence-corrected chi connectivity index (χ2v) is 7.13. The Morgan fingerprint density at radius 3 is 2.64 bits per heavy atom. The summed E-state index contributed by atoms with van der Waals surface area (Å²) >= 11 is 0. The van der Waals surface area contributed by atoms with Gasteiger partial charge < -0.3 is 19.3 Å². The molecule has 0 fully saturated rings. The number of hydrogen-bond donors (Lipinski definition) is 1. The molecule has 0 radical (unpaired) electrons. The zero-order chi connectivity index (χ0) is 23.2. The number of carbonyl (C=O) groups excluding carboxylic acids is 1. The van der Waals surface area contributed by atoms with E-state index in [2.05, 4.69) is 26.0 Å². The Morgan fingerprint density at radius 1 is 1.15 bits per heavy atom. The third-order valence-corrected chi connectivity index (χ3v) is 4.92. The van der Waals surface area contributed by atoms with E-state index in [0.29, 0.717) is 23.8 Å². The van der Waals surface area contributed by atoms with Gasteiger partial charge >= 0.3 is 0 Å². The maximum atomic E-state index is 12.3. The fourth-order valence-corrected chi connectivity index (χ4v) is 3.10. The normalized spacial score (nSPS) is 11.0. The van der Waals surface area contributed by atoms with Crippen molar-refractivity contribution in [2.45, 2.75) is 20.5 Å². The minimum absolute atomic E-state index is 0.261. The molecule has 0 aliphatic carbocycles. The second kappa shape index (κ2) is 9.77. The molecule has 0 bridgehead atoms. The Bertz CT molecular complexity index is 1240. The fourth-order valence-electron chi connectivity index (χ4n) is 3.10. The molecule has 0 unspecified atom stereocenters. The average Bonchev–Trinajstić information content (AvgIpc) is 3.47. The number of nitrogens with one attached hydrogen (secondary N) is 1. The van der Waals surface area contributed by atoms with Gasteiger partial charge in [0.1, 0.15) is 18.7 Å². The number of hydrogen-bond acceptors (Lipinski definition) is 8. The maximum absolute atomic E-state index is 12.3. The van der Waals surface area contributed by atoms with E-state index in [1.807, 2.05) is 32.0 Å². The van der Waals surface area contributed by atoms with Gasteiger partial charge in [0.2, 0.25) is 5.91 Å². The van der Waals surface area contributed by atoms with E-state index in [-0.39, 0.29) is 5.91 Å². The third-order valence-electron chi connectivity index (χ3n) is 4.92. The van der Waals surface area contributed by atoms with Crippen molar-refractivity contribution in [2.75, 3.05) is 12.4 Å².